The number of benzene rings is 2. The monoisotopic (exact) mass is 1500 g/mol. The van der Waals surface area contributed by atoms with Gasteiger partial charge in [-0.05, 0) is 167 Å². The summed E-state index contributed by atoms with van der Waals surface area (Å²) in [5.74, 6) is -5.05. The first-order valence-electron chi connectivity index (χ1n) is 35.8. The molecule has 6 aliphatic rings. The number of nitrogens with one attached hydrogen (secondary N) is 5. The van der Waals surface area contributed by atoms with Crippen LogP contribution in [-0.4, -0.2) is 179 Å². The molecule has 4 atom stereocenters. The van der Waals surface area contributed by atoms with E-state index in [1.165, 1.54) is 12.2 Å². The van der Waals surface area contributed by atoms with E-state index in [0.717, 1.165) is 107 Å². The zero-order chi connectivity index (χ0) is 77.2. The smallest absolute Gasteiger partial charge is 0.476 e. The predicted molar refractivity (Wildman–Crippen MR) is 389 cm³/mol. The molecule has 2 aromatic carbocycles. The summed E-state index contributed by atoms with van der Waals surface area (Å²) in [5.41, 5.74) is 11.4. The number of aromatic carboxylic acids is 1. The lowest BCUT2D eigenvalue weighted by molar-refractivity contribution is -0.198. The van der Waals surface area contributed by atoms with Gasteiger partial charge in [0.15, 0.2) is 22.5 Å². The van der Waals surface area contributed by atoms with Crippen LogP contribution in [0.5, 0.6) is 0 Å². The fraction of sp³-hybridized carbons (Fsp3) is 0.514. The molecule has 0 radical (unpaired) electrons. The van der Waals surface area contributed by atoms with Crippen molar-refractivity contribution >= 4 is 103 Å². The average Bonchev–Trinajstić information content (AvgIpc) is 0.795. The second-order valence-electron chi connectivity index (χ2n) is 29.7. The predicted octanol–water partition coefficient (Wildman–Crippen LogP) is 9.63. The minimum Gasteiger partial charge on any atom is -0.476 e. The Bertz CT molecular complexity index is 4270. The molecule has 8 amide bonds. The van der Waals surface area contributed by atoms with Crippen molar-refractivity contribution in [1.82, 2.24) is 55.7 Å². The summed E-state index contributed by atoms with van der Waals surface area (Å²) >= 11 is 1.55. The van der Waals surface area contributed by atoms with Crippen LogP contribution in [0, 0.1) is 41.4 Å². The molecule has 6 heterocycles. The molecule has 4 saturated carbocycles. The second-order valence-corrected chi connectivity index (χ2v) is 30.7. The Morgan fingerprint density at radius 2 is 1.50 bits per heavy atom. The van der Waals surface area contributed by atoms with E-state index in [4.69, 9.17) is 40.2 Å². The van der Waals surface area contributed by atoms with Gasteiger partial charge in [-0.2, -0.15) is 18.3 Å². The summed E-state index contributed by atoms with van der Waals surface area (Å²) in [5, 5.41) is 57.1. The van der Waals surface area contributed by atoms with Gasteiger partial charge in [0.2, 0.25) is 17.7 Å². The van der Waals surface area contributed by atoms with Gasteiger partial charge >= 0.3 is 30.2 Å². The van der Waals surface area contributed by atoms with Crippen LogP contribution in [0.1, 0.15) is 144 Å². The van der Waals surface area contributed by atoms with Gasteiger partial charge in [0.25, 0.3) is 11.8 Å². The number of rotatable bonds is 32. The van der Waals surface area contributed by atoms with Gasteiger partial charge in [0, 0.05) is 91.5 Å². The number of nitrogens with zero attached hydrogens (tertiary/aromatic N) is 9. The summed E-state index contributed by atoms with van der Waals surface area (Å²) in [6, 6.07) is 15.5. The molecule has 0 spiro atoms. The lowest BCUT2D eigenvalue weighted by Gasteiger charge is -2.70. The lowest BCUT2D eigenvalue weighted by Crippen LogP contribution is -2.60. The van der Waals surface area contributed by atoms with Gasteiger partial charge in [-0.3, -0.25) is 33.6 Å². The number of para-hydroxylation sites is 1. The third kappa shape index (κ3) is 19.7. The highest BCUT2D eigenvalue weighted by molar-refractivity contribution is 7.22. The Morgan fingerprint density at radius 3 is 2.17 bits per heavy atom. The van der Waals surface area contributed by atoms with Crippen LogP contribution in [0.4, 0.5) is 51.0 Å². The third-order valence-electron chi connectivity index (χ3n) is 20.5. The number of pyridine rings is 1. The fourth-order valence-corrected chi connectivity index (χ4v) is 17.9. The molecule has 2 aliphatic heterocycles. The molecule has 10 N–H and O–H groups in total. The van der Waals surface area contributed by atoms with Crippen molar-refractivity contribution in [3.8, 4) is 11.1 Å². The maximum absolute atomic E-state index is 13.9. The highest BCUT2D eigenvalue weighted by Crippen LogP contribution is 2.75. The van der Waals surface area contributed by atoms with Gasteiger partial charge in [-0.15, -0.1) is 10.2 Å². The van der Waals surface area contributed by atoms with E-state index >= 15 is 0 Å². The molecule has 4 bridgehead atoms. The van der Waals surface area contributed by atoms with Crippen LogP contribution >= 0.6 is 11.3 Å². The van der Waals surface area contributed by atoms with Crippen molar-refractivity contribution < 1.29 is 81.1 Å². The number of thiazole rings is 1. The fourth-order valence-electron chi connectivity index (χ4n) is 17.0. The number of anilines is 5. The number of urea groups is 1. The number of carboxylic acid groups (broad SMARTS) is 2. The summed E-state index contributed by atoms with van der Waals surface area (Å²) in [7, 11) is 0. The maximum Gasteiger partial charge on any atom is 0.490 e. The number of aromatic nitrogens is 6. The number of primary amides is 1. The number of hydrogen-bond acceptors (Lipinski definition) is 20. The van der Waals surface area contributed by atoms with Crippen molar-refractivity contribution in [2.45, 2.75) is 163 Å². The first-order valence-corrected chi connectivity index (χ1v) is 36.6. The van der Waals surface area contributed by atoms with Crippen molar-refractivity contribution in [2.75, 3.05) is 68.1 Å². The van der Waals surface area contributed by atoms with Crippen LogP contribution in [0.25, 0.3) is 21.3 Å². The number of aliphatic hydroxyl groups excluding tert-OH is 1. The molecule has 4 aromatic heterocycles. The average molecular weight is 1500 g/mol. The van der Waals surface area contributed by atoms with Crippen molar-refractivity contribution in [1.29, 1.82) is 0 Å². The topological polar surface area (TPSA) is 398 Å². The molecular formula is C74H92F3N15O14S. The zero-order valence-electron chi connectivity index (χ0n) is 60.7. The summed E-state index contributed by atoms with van der Waals surface area (Å²) in [4.78, 5) is 126. The molecule has 4 aliphatic carbocycles. The van der Waals surface area contributed by atoms with Gasteiger partial charge in [0.1, 0.15) is 24.5 Å². The normalized spacial score (nSPS) is 20.4. The number of carbonyl (C=O) groups is 9. The molecule has 0 saturated heterocycles. The number of hydrogen-bond donors (Lipinski definition) is 9. The standard InChI is InChI=1S/C72H91N15O12S.C2HF3O2/c1-44(2)59(80-56(89)25-33-98-34-31-86-57(90)23-24-58(86)91)64(93)77-53(15-9-27-74-66(73)96)63(92)76-48-19-17-47(18-20-48)36-99-68(97)84(29-12-32-88)28-11-26-71-38-69(5)37-70(6,39-71)41-72(40-69,42-71)43-87-46(4)51(35-75-87)50-21-22-55(79-60(50)65(94)95)85-30-10-13-49-45(3)61(82-83-62(49)85)81-67-78-52-14-7-8-16-54(52)100-67;3-2(4,5)1(6)7/h7-8,14,16-24,35,44,53,59,88H,9-13,15,25-34,36-43H2,1-6H3,(H,76,92)(H,77,93)(H,80,89)(H,94,95)(H3,73,74,96)(H,78,81,82);(H,6,7)/t53-,59-,69?,70?,71?,72?;/m0./s1. The number of imide groups is 1. The third-order valence-corrected chi connectivity index (χ3v) is 21.4. The van der Waals surface area contributed by atoms with E-state index in [-0.39, 0.29) is 92.1 Å². The minimum atomic E-state index is -5.08. The highest BCUT2D eigenvalue weighted by Gasteiger charge is 2.65. The number of halogens is 3. The number of alkyl halides is 3. The number of nitrogens with two attached hydrogens (primary N) is 1. The van der Waals surface area contributed by atoms with Gasteiger partial charge < -0.3 is 66.9 Å². The van der Waals surface area contributed by atoms with E-state index in [0.29, 0.717) is 66.9 Å². The minimum absolute atomic E-state index is 0.0218. The van der Waals surface area contributed by atoms with Crippen molar-refractivity contribution in [3.63, 3.8) is 0 Å². The Kier molecular flexibility index (Phi) is 25.0. The van der Waals surface area contributed by atoms with E-state index in [2.05, 4.69) is 55.3 Å². The number of aliphatic hydroxyl groups is 1. The lowest BCUT2D eigenvalue weighted by atomic mass is 9.35. The maximum atomic E-state index is 13.9. The molecule has 12 rings (SSSR count). The molecule has 6 aromatic rings. The zero-order valence-corrected chi connectivity index (χ0v) is 61.5. The van der Waals surface area contributed by atoms with Crippen LogP contribution in [0.2, 0.25) is 0 Å². The van der Waals surface area contributed by atoms with Crippen LogP contribution < -0.4 is 37.2 Å². The summed E-state index contributed by atoms with van der Waals surface area (Å²) in [6.07, 6.45) is 8.85. The Hall–Kier alpha value is -10.2. The van der Waals surface area contributed by atoms with E-state index < -0.39 is 71.9 Å². The number of aliphatic carboxylic acids is 1. The molecule has 29 nitrogen and oxygen atoms in total. The molecule has 107 heavy (non-hydrogen) atoms. The van der Waals surface area contributed by atoms with Gasteiger partial charge in [0.05, 0.1) is 36.2 Å². The molecular weight excluding hydrogens is 1410 g/mol. The van der Waals surface area contributed by atoms with E-state index in [9.17, 15) is 61.7 Å². The highest BCUT2D eigenvalue weighted by atomic mass is 32.1. The van der Waals surface area contributed by atoms with Crippen LogP contribution in [0.3, 0.4) is 0 Å². The molecule has 33 heteroatoms. The quantitative estimate of drug-likeness (QED) is 0.0140. The number of fused-ring (bicyclic) bond motifs is 2. The van der Waals surface area contributed by atoms with Gasteiger partial charge in [-0.1, -0.05) is 63.3 Å². The second kappa shape index (κ2) is 33.7. The number of amides is 8. The Balaban J connectivity index is 0.00000166. The number of carbonyl (C=O) groups excluding carboxylic acids is 7. The van der Waals surface area contributed by atoms with Crippen LogP contribution in [-0.2, 0) is 57.8 Å². The van der Waals surface area contributed by atoms with Crippen LogP contribution in [0.15, 0.2) is 79.0 Å². The number of carboxylic acids is 2. The van der Waals surface area contributed by atoms with Gasteiger partial charge in [-0.25, -0.2) is 29.1 Å². The largest absolute Gasteiger partial charge is 0.490 e. The molecule has 4 fully saturated rings. The first-order chi connectivity index (χ1) is 50.8. The van der Waals surface area contributed by atoms with Crippen molar-refractivity contribution in [3.05, 3.63) is 107 Å². The first kappa shape index (κ1) is 79.4. The summed E-state index contributed by atoms with van der Waals surface area (Å²) < 4.78 is 46.3. The summed E-state index contributed by atoms with van der Waals surface area (Å²) in [6.45, 7) is 14.4. The van der Waals surface area contributed by atoms with E-state index in [1.807, 2.05) is 55.1 Å². The molecule has 574 valence electrons. The number of ether oxygens (including phenoxy) is 2. The van der Waals surface area contributed by atoms with E-state index in [1.54, 1.807) is 60.5 Å². The van der Waals surface area contributed by atoms with Crippen molar-refractivity contribution in [2.24, 2.45) is 33.3 Å². The SMILES string of the molecule is Cc1c(Nc2nc3ccccc3s2)nnc2c1CCCN2c1ccc(-c2cnn(CC34CC5(C)CC(C)(CC(CCCN(CCCO)C(=O)OCc6ccc(NC(=O)[C@H](CCCNC(N)=O)NC(=O)[C@@H](NC(=O)CCOCCN7C(=O)C=CC7=O)C(C)C)cc6)(C5)C3)C4)c2C)c(C(=O)O)n1.O=C(O)C(F)(F)F. The Labute approximate surface area is 620 Å². The Morgan fingerprint density at radius 1 is 0.813 bits per heavy atom. The molecule has 2 unspecified atom stereocenters.